The molecule has 1 aliphatic rings. The minimum atomic E-state index is -0.266. The van der Waals surface area contributed by atoms with Gasteiger partial charge < -0.3 is 10.3 Å². The maximum absolute atomic E-state index is 12.9. The number of hydrogen-bond donors (Lipinski definition) is 2. The molecule has 0 bridgehead atoms. The van der Waals surface area contributed by atoms with Crippen LogP contribution < -0.4 is 5.32 Å². The van der Waals surface area contributed by atoms with Gasteiger partial charge in [-0.1, -0.05) is 42.5 Å². The zero-order valence-electron chi connectivity index (χ0n) is 16.3. The van der Waals surface area contributed by atoms with Gasteiger partial charge in [-0.15, -0.1) is 0 Å². The minimum Gasteiger partial charge on any atom is -0.341 e. The molecule has 3 aromatic heterocycles. The van der Waals surface area contributed by atoms with Crippen LogP contribution in [0.15, 0.2) is 79.4 Å². The predicted molar refractivity (Wildman–Crippen MR) is 116 cm³/mol. The van der Waals surface area contributed by atoms with Gasteiger partial charge >= 0.3 is 0 Å². The number of nitrogens with one attached hydrogen (secondary N) is 2. The van der Waals surface area contributed by atoms with Gasteiger partial charge in [0, 0.05) is 11.8 Å². The van der Waals surface area contributed by atoms with E-state index in [2.05, 4.69) is 49.7 Å². The van der Waals surface area contributed by atoms with Crippen LogP contribution in [0.4, 0.5) is 0 Å². The fourth-order valence-electron chi connectivity index (χ4n) is 4.23. The lowest BCUT2D eigenvalue weighted by molar-refractivity contribution is 0.0943. The molecule has 3 heterocycles. The summed E-state index contributed by atoms with van der Waals surface area (Å²) in [6.45, 7) is 0. The molecule has 5 aromatic rings. The Labute approximate surface area is 177 Å². The molecule has 0 fully saturated rings. The summed E-state index contributed by atoms with van der Waals surface area (Å²) in [5.74, 6) is 0.586. The number of carbonyl (C=O) groups is 1. The van der Waals surface area contributed by atoms with Gasteiger partial charge in [-0.2, -0.15) is 10.2 Å². The summed E-state index contributed by atoms with van der Waals surface area (Å²) in [5.41, 5.74) is 7.46. The quantitative estimate of drug-likeness (QED) is 0.475. The fraction of sp³-hybridized carbons (Fsp3) is 0.0417. The Hall–Kier alpha value is -4.39. The van der Waals surface area contributed by atoms with E-state index in [9.17, 15) is 4.79 Å². The molecule has 0 saturated heterocycles. The Kier molecular flexibility index (Phi) is 3.86. The van der Waals surface area contributed by atoms with Crippen LogP contribution in [-0.2, 0) is 0 Å². The Balaban J connectivity index is 1.49. The van der Waals surface area contributed by atoms with Crippen molar-refractivity contribution in [3.63, 3.8) is 0 Å². The molecule has 0 aliphatic heterocycles. The number of pyridine rings is 1. The lowest BCUT2D eigenvalue weighted by Crippen LogP contribution is -2.28. The van der Waals surface area contributed by atoms with E-state index in [0.29, 0.717) is 5.56 Å². The molecular weight excluding hydrogens is 388 g/mol. The van der Waals surface area contributed by atoms with Crippen molar-refractivity contribution in [1.29, 1.82) is 0 Å². The number of aromatic nitrogens is 5. The van der Waals surface area contributed by atoms with E-state index in [4.69, 9.17) is 4.98 Å². The van der Waals surface area contributed by atoms with Crippen LogP contribution >= 0.6 is 0 Å². The predicted octanol–water partition coefficient (Wildman–Crippen LogP) is 3.91. The van der Waals surface area contributed by atoms with Crippen LogP contribution in [-0.4, -0.2) is 31.1 Å². The highest BCUT2D eigenvalue weighted by Gasteiger charge is 2.32. The molecule has 0 saturated carbocycles. The topological polar surface area (TPSA) is 96.5 Å². The Bertz CT molecular complexity index is 1410. The summed E-state index contributed by atoms with van der Waals surface area (Å²) in [6, 6.07) is 17.5. The number of hydrogen-bond acceptors (Lipinski definition) is 5. The van der Waals surface area contributed by atoms with Gasteiger partial charge in [0.1, 0.15) is 5.82 Å². The van der Waals surface area contributed by atoms with E-state index in [1.807, 2.05) is 24.3 Å². The third kappa shape index (κ3) is 2.78. The van der Waals surface area contributed by atoms with Crippen molar-refractivity contribution >= 4 is 16.9 Å². The third-order valence-electron chi connectivity index (χ3n) is 5.61. The molecule has 2 aromatic carbocycles. The summed E-state index contributed by atoms with van der Waals surface area (Å²) in [4.78, 5) is 25.2. The molecule has 6 rings (SSSR count). The van der Waals surface area contributed by atoms with Crippen LogP contribution in [0, 0.1) is 0 Å². The van der Waals surface area contributed by atoms with Crippen LogP contribution in [0.2, 0.25) is 0 Å². The fourth-order valence-corrected chi connectivity index (χ4v) is 4.23. The molecule has 7 heteroatoms. The van der Waals surface area contributed by atoms with Crippen LogP contribution in [0.1, 0.15) is 27.5 Å². The van der Waals surface area contributed by atoms with Crippen molar-refractivity contribution in [2.75, 3.05) is 0 Å². The lowest BCUT2D eigenvalue weighted by atomic mass is 9.99. The number of benzene rings is 2. The molecular formula is C24H16N6O. The van der Waals surface area contributed by atoms with Crippen LogP contribution in [0.25, 0.3) is 33.5 Å². The van der Waals surface area contributed by atoms with E-state index >= 15 is 0 Å². The Morgan fingerprint density at radius 1 is 0.871 bits per heavy atom. The zero-order valence-corrected chi connectivity index (χ0v) is 16.3. The number of aromatic amines is 1. The molecule has 0 spiro atoms. The van der Waals surface area contributed by atoms with E-state index in [-0.39, 0.29) is 11.9 Å². The first-order valence-corrected chi connectivity index (χ1v) is 9.89. The average Bonchev–Trinajstić information content (AvgIpc) is 3.39. The summed E-state index contributed by atoms with van der Waals surface area (Å²) >= 11 is 0. The van der Waals surface area contributed by atoms with Gasteiger partial charge in [-0.05, 0) is 34.4 Å². The van der Waals surface area contributed by atoms with Gasteiger partial charge in [-0.25, -0.2) is 4.98 Å². The maximum atomic E-state index is 12.9. The molecule has 2 N–H and O–H groups in total. The molecule has 0 radical (unpaired) electrons. The Morgan fingerprint density at radius 2 is 1.74 bits per heavy atom. The van der Waals surface area contributed by atoms with Gasteiger partial charge in [0.2, 0.25) is 0 Å². The van der Waals surface area contributed by atoms with Gasteiger partial charge in [-0.3, -0.25) is 9.78 Å². The first-order valence-electron chi connectivity index (χ1n) is 9.89. The van der Waals surface area contributed by atoms with E-state index in [1.54, 1.807) is 18.5 Å². The monoisotopic (exact) mass is 404 g/mol. The van der Waals surface area contributed by atoms with Crippen molar-refractivity contribution in [2.45, 2.75) is 6.04 Å². The number of imidazole rings is 1. The zero-order chi connectivity index (χ0) is 20.8. The van der Waals surface area contributed by atoms with Crippen molar-refractivity contribution in [1.82, 2.24) is 30.5 Å². The Morgan fingerprint density at radius 3 is 2.61 bits per heavy atom. The van der Waals surface area contributed by atoms with Crippen molar-refractivity contribution < 1.29 is 4.79 Å². The average molecular weight is 404 g/mol. The second-order valence-electron chi connectivity index (χ2n) is 7.37. The van der Waals surface area contributed by atoms with Gasteiger partial charge in [0.15, 0.2) is 0 Å². The van der Waals surface area contributed by atoms with E-state index in [1.165, 1.54) is 12.4 Å². The number of rotatable bonds is 3. The molecule has 1 unspecified atom stereocenters. The molecule has 7 nitrogen and oxygen atoms in total. The largest absolute Gasteiger partial charge is 0.341 e. The van der Waals surface area contributed by atoms with E-state index < -0.39 is 0 Å². The highest BCUT2D eigenvalue weighted by atomic mass is 16.1. The first-order chi connectivity index (χ1) is 15.3. The SMILES string of the molecule is O=C(NC1c2ccccc2-c2c(-c3nc4ccncc4[nH]3)cccc21)c1ccnnc1. The van der Waals surface area contributed by atoms with Crippen molar-refractivity contribution in [2.24, 2.45) is 0 Å². The lowest BCUT2D eigenvalue weighted by Gasteiger charge is -2.16. The number of amides is 1. The smallest absolute Gasteiger partial charge is 0.253 e. The maximum Gasteiger partial charge on any atom is 0.253 e. The number of fused-ring (bicyclic) bond motifs is 4. The second kappa shape index (κ2) is 6.84. The molecule has 1 atom stereocenters. The van der Waals surface area contributed by atoms with Crippen molar-refractivity contribution in [3.05, 3.63) is 96.1 Å². The first kappa shape index (κ1) is 17.5. The van der Waals surface area contributed by atoms with Crippen LogP contribution in [0.3, 0.4) is 0 Å². The molecule has 1 amide bonds. The molecule has 1 aliphatic carbocycles. The highest BCUT2D eigenvalue weighted by molar-refractivity contribution is 5.97. The summed E-state index contributed by atoms with van der Waals surface area (Å²) < 4.78 is 0. The van der Waals surface area contributed by atoms with Crippen LogP contribution in [0.5, 0.6) is 0 Å². The third-order valence-corrected chi connectivity index (χ3v) is 5.61. The van der Waals surface area contributed by atoms with E-state index in [0.717, 1.165) is 44.7 Å². The number of H-pyrrole nitrogens is 1. The standard InChI is InChI=1S/C24H16N6O/c31-24(14-8-11-26-27-12-14)30-22-16-5-2-1-4-15(16)21-17(22)6-3-7-18(21)23-28-19-9-10-25-13-20(19)29-23/h1-13,22H,(H,28,29)(H,30,31). The summed E-state index contributed by atoms with van der Waals surface area (Å²) in [7, 11) is 0. The molecule has 31 heavy (non-hydrogen) atoms. The summed E-state index contributed by atoms with van der Waals surface area (Å²) in [6.07, 6.45) is 6.49. The highest BCUT2D eigenvalue weighted by Crippen LogP contribution is 2.47. The second-order valence-corrected chi connectivity index (χ2v) is 7.37. The van der Waals surface area contributed by atoms with Gasteiger partial charge in [0.25, 0.3) is 5.91 Å². The normalized spacial score (nSPS) is 14.3. The number of nitrogens with zero attached hydrogens (tertiary/aromatic N) is 4. The van der Waals surface area contributed by atoms with Crippen molar-refractivity contribution in [3.8, 4) is 22.5 Å². The minimum absolute atomic E-state index is 0.192. The molecule has 148 valence electrons. The van der Waals surface area contributed by atoms with Gasteiger partial charge in [0.05, 0.1) is 41.2 Å². The summed E-state index contributed by atoms with van der Waals surface area (Å²) in [5, 5.41) is 10.7. The number of carbonyl (C=O) groups excluding carboxylic acids is 1.